The Morgan fingerprint density at radius 2 is 1.92 bits per heavy atom. The Hall–Kier alpha value is -2.13. The van der Waals surface area contributed by atoms with Gasteiger partial charge < -0.3 is 9.47 Å². The number of aromatic nitrogens is 2. The van der Waals surface area contributed by atoms with E-state index in [0.717, 1.165) is 19.5 Å². The molecule has 1 aliphatic heterocycles. The molecular formula is C22H27N3. The standard InChI is InChI=1S/C22H27N3/c1-16-7-9-22-19(13-16)20-15-24(3)11-4-5-21(20)25(22)12-10-18-8-6-17(2)14-23-18/h6-9,13-14H,4-5,10-12,15H2,1-3H3. The molecule has 2 aromatic heterocycles. The van der Waals surface area contributed by atoms with Crippen molar-refractivity contribution in [3.8, 4) is 0 Å². The van der Waals surface area contributed by atoms with Gasteiger partial charge in [0.05, 0.1) is 0 Å². The predicted octanol–water partition coefficient (Wildman–Crippen LogP) is 4.27. The first kappa shape index (κ1) is 16.3. The Bertz CT molecular complexity index is 890. The van der Waals surface area contributed by atoms with Crippen molar-refractivity contribution in [1.82, 2.24) is 14.5 Å². The summed E-state index contributed by atoms with van der Waals surface area (Å²) in [5.41, 5.74) is 8.21. The number of aryl methyl sites for hydroxylation is 4. The smallest absolute Gasteiger partial charge is 0.0486 e. The summed E-state index contributed by atoms with van der Waals surface area (Å²) in [6, 6.07) is 11.2. The van der Waals surface area contributed by atoms with Crippen molar-refractivity contribution in [2.45, 2.75) is 46.2 Å². The number of hydrogen-bond acceptors (Lipinski definition) is 2. The molecule has 0 atom stereocenters. The van der Waals surface area contributed by atoms with Gasteiger partial charge in [-0.1, -0.05) is 17.7 Å². The molecule has 3 aromatic rings. The molecule has 0 aliphatic carbocycles. The van der Waals surface area contributed by atoms with Crippen LogP contribution in [0.4, 0.5) is 0 Å². The lowest BCUT2D eigenvalue weighted by Crippen LogP contribution is -2.17. The third-order valence-electron chi connectivity index (χ3n) is 5.39. The second kappa shape index (κ2) is 6.64. The van der Waals surface area contributed by atoms with E-state index >= 15 is 0 Å². The van der Waals surface area contributed by atoms with Gasteiger partial charge in [0.1, 0.15) is 0 Å². The Morgan fingerprint density at radius 3 is 2.72 bits per heavy atom. The molecule has 0 saturated heterocycles. The maximum Gasteiger partial charge on any atom is 0.0486 e. The van der Waals surface area contributed by atoms with Crippen LogP contribution in [0.25, 0.3) is 10.9 Å². The van der Waals surface area contributed by atoms with Crippen LogP contribution >= 0.6 is 0 Å². The van der Waals surface area contributed by atoms with Crippen LogP contribution in [0.5, 0.6) is 0 Å². The molecule has 1 aromatic carbocycles. The minimum atomic E-state index is 0.986. The number of nitrogens with zero attached hydrogens (tertiary/aromatic N) is 3. The minimum absolute atomic E-state index is 0.986. The van der Waals surface area contributed by atoms with Crippen LogP contribution in [-0.2, 0) is 25.9 Å². The highest BCUT2D eigenvalue weighted by Gasteiger charge is 2.20. The quantitative estimate of drug-likeness (QED) is 0.713. The Kier molecular flexibility index (Phi) is 4.34. The molecule has 0 bridgehead atoms. The molecule has 3 heteroatoms. The average Bonchev–Trinajstić information content (AvgIpc) is 2.74. The van der Waals surface area contributed by atoms with Crippen molar-refractivity contribution in [3.05, 3.63) is 64.6 Å². The van der Waals surface area contributed by atoms with E-state index in [0.29, 0.717) is 0 Å². The predicted molar refractivity (Wildman–Crippen MR) is 104 cm³/mol. The van der Waals surface area contributed by atoms with Crippen molar-refractivity contribution in [3.63, 3.8) is 0 Å². The van der Waals surface area contributed by atoms with E-state index in [1.165, 1.54) is 58.4 Å². The Morgan fingerprint density at radius 1 is 1.08 bits per heavy atom. The second-order valence-corrected chi connectivity index (χ2v) is 7.52. The topological polar surface area (TPSA) is 21.1 Å². The van der Waals surface area contributed by atoms with Gasteiger partial charge in [-0.15, -0.1) is 0 Å². The van der Waals surface area contributed by atoms with Crippen LogP contribution in [0.1, 0.15) is 34.5 Å². The zero-order valence-electron chi connectivity index (χ0n) is 15.5. The maximum atomic E-state index is 4.59. The highest BCUT2D eigenvalue weighted by Crippen LogP contribution is 2.31. The lowest BCUT2D eigenvalue weighted by atomic mass is 10.1. The van der Waals surface area contributed by atoms with Gasteiger partial charge in [0, 0.05) is 48.0 Å². The van der Waals surface area contributed by atoms with Crippen molar-refractivity contribution in [1.29, 1.82) is 0 Å². The van der Waals surface area contributed by atoms with Gasteiger partial charge in [-0.25, -0.2) is 0 Å². The molecule has 1 aliphatic rings. The monoisotopic (exact) mass is 333 g/mol. The summed E-state index contributed by atoms with van der Waals surface area (Å²) in [5, 5.41) is 1.45. The van der Waals surface area contributed by atoms with Crippen molar-refractivity contribution >= 4 is 10.9 Å². The maximum absolute atomic E-state index is 4.59. The molecule has 0 saturated carbocycles. The van der Waals surface area contributed by atoms with Crippen molar-refractivity contribution in [2.75, 3.05) is 13.6 Å². The summed E-state index contributed by atoms with van der Waals surface area (Å²) >= 11 is 0. The molecule has 0 spiro atoms. The molecule has 0 N–H and O–H groups in total. The molecule has 0 amide bonds. The number of hydrogen-bond donors (Lipinski definition) is 0. The van der Waals surface area contributed by atoms with E-state index < -0.39 is 0 Å². The van der Waals surface area contributed by atoms with Gasteiger partial charge in [-0.3, -0.25) is 4.98 Å². The lowest BCUT2D eigenvalue weighted by molar-refractivity contribution is 0.333. The molecular weight excluding hydrogens is 306 g/mol. The fourth-order valence-electron chi connectivity index (χ4n) is 4.05. The van der Waals surface area contributed by atoms with Gasteiger partial charge in [-0.2, -0.15) is 0 Å². The second-order valence-electron chi connectivity index (χ2n) is 7.52. The summed E-state index contributed by atoms with van der Waals surface area (Å²) in [5.74, 6) is 0. The molecule has 0 fully saturated rings. The fourth-order valence-corrected chi connectivity index (χ4v) is 4.05. The Labute approximate surface area is 150 Å². The first-order valence-corrected chi connectivity index (χ1v) is 9.32. The number of rotatable bonds is 3. The summed E-state index contributed by atoms with van der Waals surface area (Å²) in [7, 11) is 2.24. The normalized spacial score (nSPS) is 15.3. The Balaban J connectivity index is 1.74. The van der Waals surface area contributed by atoms with Crippen LogP contribution in [-0.4, -0.2) is 28.0 Å². The van der Waals surface area contributed by atoms with Crippen LogP contribution in [0, 0.1) is 13.8 Å². The van der Waals surface area contributed by atoms with Gasteiger partial charge >= 0.3 is 0 Å². The molecule has 25 heavy (non-hydrogen) atoms. The molecule has 130 valence electrons. The van der Waals surface area contributed by atoms with Gasteiger partial charge in [0.15, 0.2) is 0 Å². The molecule has 3 nitrogen and oxygen atoms in total. The van der Waals surface area contributed by atoms with E-state index in [1.807, 2.05) is 6.20 Å². The van der Waals surface area contributed by atoms with Crippen LogP contribution in [0.15, 0.2) is 36.5 Å². The van der Waals surface area contributed by atoms with E-state index in [-0.39, 0.29) is 0 Å². The van der Waals surface area contributed by atoms with Crippen LogP contribution in [0.3, 0.4) is 0 Å². The van der Waals surface area contributed by atoms with Crippen LogP contribution < -0.4 is 0 Å². The highest BCUT2D eigenvalue weighted by atomic mass is 15.1. The number of benzene rings is 1. The average molecular weight is 333 g/mol. The van der Waals surface area contributed by atoms with Gasteiger partial charge in [0.2, 0.25) is 0 Å². The first-order valence-electron chi connectivity index (χ1n) is 9.32. The zero-order valence-corrected chi connectivity index (χ0v) is 15.5. The largest absolute Gasteiger partial charge is 0.344 e. The lowest BCUT2D eigenvalue weighted by Gasteiger charge is -2.12. The summed E-state index contributed by atoms with van der Waals surface area (Å²) in [6.07, 6.45) is 5.37. The molecule has 4 rings (SSSR count). The fraction of sp³-hybridized carbons (Fsp3) is 0.409. The third-order valence-corrected chi connectivity index (χ3v) is 5.39. The zero-order chi connectivity index (χ0) is 17.4. The minimum Gasteiger partial charge on any atom is -0.344 e. The van der Waals surface area contributed by atoms with Crippen LogP contribution in [0.2, 0.25) is 0 Å². The summed E-state index contributed by atoms with van der Waals surface area (Å²) in [6.45, 7) is 7.54. The first-order chi connectivity index (χ1) is 12.1. The third kappa shape index (κ3) is 3.21. The van der Waals surface area contributed by atoms with E-state index in [2.05, 4.69) is 65.7 Å². The van der Waals surface area contributed by atoms with E-state index in [4.69, 9.17) is 0 Å². The highest BCUT2D eigenvalue weighted by molar-refractivity contribution is 5.86. The summed E-state index contributed by atoms with van der Waals surface area (Å²) in [4.78, 5) is 7.05. The molecule has 3 heterocycles. The van der Waals surface area contributed by atoms with Gasteiger partial charge in [0.25, 0.3) is 0 Å². The van der Waals surface area contributed by atoms with Crippen molar-refractivity contribution < 1.29 is 0 Å². The number of fused-ring (bicyclic) bond motifs is 3. The molecule has 0 radical (unpaired) electrons. The summed E-state index contributed by atoms with van der Waals surface area (Å²) < 4.78 is 2.56. The number of pyridine rings is 1. The SMILES string of the molecule is Cc1ccc(CCn2c3c(c4cc(C)ccc42)CN(C)CCC3)nc1. The van der Waals surface area contributed by atoms with E-state index in [1.54, 1.807) is 0 Å². The van der Waals surface area contributed by atoms with Crippen molar-refractivity contribution in [2.24, 2.45) is 0 Å². The van der Waals surface area contributed by atoms with E-state index in [9.17, 15) is 0 Å². The van der Waals surface area contributed by atoms with Gasteiger partial charge in [-0.05, 0) is 69.6 Å². The molecule has 0 unspecified atom stereocenters.